The van der Waals surface area contributed by atoms with Crippen LogP contribution in [0.2, 0.25) is 0 Å². The van der Waals surface area contributed by atoms with Gasteiger partial charge in [-0.2, -0.15) is 0 Å². The molecule has 3 aromatic carbocycles. The molecule has 11 heteroatoms. The highest BCUT2D eigenvalue weighted by molar-refractivity contribution is 5.87. The molecular weight excluding hydrogens is 636 g/mol. The van der Waals surface area contributed by atoms with E-state index >= 15 is 0 Å². The minimum Gasteiger partial charge on any atom is -0.496 e. The number of nitrogens with one attached hydrogen (secondary N) is 3. The number of aryl methyl sites for hydroxylation is 2. The first-order valence-corrected chi connectivity index (χ1v) is 17.1. The maximum Gasteiger partial charge on any atom is 0.242 e. The van der Waals surface area contributed by atoms with Gasteiger partial charge in [-0.1, -0.05) is 32.4 Å². The van der Waals surface area contributed by atoms with E-state index in [1.165, 1.54) is 6.92 Å². The number of benzene rings is 2. The zero-order valence-corrected chi connectivity index (χ0v) is 30.0. The zero-order valence-electron chi connectivity index (χ0n) is 30.0. The van der Waals surface area contributed by atoms with Crippen molar-refractivity contribution in [3.8, 4) is 34.1 Å². The molecule has 0 radical (unpaired) electrons. The monoisotopic (exact) mass is 684 g/mol. The quantitative estimate of drug-likeness (QED) is 0.141. The Morgan fingerprint density at radius 1 is 0.960 bits per heavy atom. The van der Waals surface area contributed by atoms with E-state index in [0.717, 1.165) is 52.7 Å². The van der Waals surface area contributed by atoms with Gasteiger partial charge in [0.1, 0.15) is 11.8 Å². The Balaban J connectivity index is 1.43. The maximum atomic E-state index is 13.9. The lowest BCUT2D eigenvalue weighted by atomic mass is 9.95. The lowest BCUT2D eigenvalue weighted by Gasteiger charge is -2.24. The summed E-state index contributed by atoms with van der Waals surface area (Å²) in [5, 5.41) is 10.5. The fourth-order valence-corrected chi connectivity index (χ4v) is 6.84. The molecule has 11 nitrogen and oxygen atoms in total. The molecule has 4 aromatic rings. The number of rotatable bonds is 14. The van der Waals surface area contributed by atoms with Crippen molar-refractivity contribution >= 4 is 28.4 Å². The van der Waals surface area contributed by atoms with Crippen LogP contribution in [0.5, 0.6) is 23.0 Å². The van der Waals surface area contributed by atoms with E-state index in [2.05, 4.69) is 26.6 Å². The number of nitrogens with zero attached hydrogens (tertiary/aromatic N) is 1. The van der Waals surface area contributed by atoms with Gasteiger partial charge in [-0.3, -0.25) is 14.4 Å². The first-order chi connectivity index (χ1) is 24.1. The summed E-state index contributed by atoms with van der Waals surface area (Å²) in [6.07, 6.45) is 4.62. The average molecular weight is 685 g/mol. The van der Waals surface area contributed by atoms with E-state index in [1.807, 2.05) is 50.4 Å². The highest BCUT2D eigenvalue weighted by Crippen LogP contribution is 2.50. The molecule has 1 aromatic heterocycles. The molecular formula is C39H48N4O7. The number of amides is 2. The summed E-state index contributed by atoms with van der Waals surface area (Å²) in [6, 6.07) is 14.0. The molecule has 0 fully saturated rings. The summed E-state index contributed by atoms with van der Waals surface area (Å²) in [4.78, 5) is 39.9. The van der Waals surface area contributed by atoms with Crippen LogP contribution in [0.3, 0.4) is 0 Å². The standard InChI is InChI=1S/C39H48N4O7/c1-8-23(2)36(39(46)40-18-10-19-43-20-17-27-31(43)11-9-12-33(27)47-4)42-30-16-14-26-28(22-32(30)45)29(41-24(3)44)15-13-25-21-34(48-5)37(49-6)38(50-7)35(25)26/h9,11-12,14,16-17,20-23,29,36H,8,10,13,15,18-19H2,1-7H3,(H,40,46)(H,41,44)(H,42,45)/t23-,29+,36+/m0/s1. The number of aromatic nitrogens is 1. The van der Waals surface area contributed by atoms with Crippen molar-refractivity contribution in [1.29, 1.82) is 0 Å². The molecule has 50 heavy (non-hydrogen) atoms. The summed E-state index contributed by atoms with van der Waals surface area (Å²) in [7, 11) is 6.35. The Labute approximate surface area is 293 Å². The number of methoxy groups -OCH3 is 4. The Morgan fingerprint density at radius 2 is 1.72 bits per heavy atom. The van der Waals surface area contributed by atoms with Gasteiger partial charge < -0.3 is 39.5 Å². The molecule has 0 spiro atoms. The van der Waals surface area contributed by atoms with Gasteiger partial charge in [0.2, 0.25) is 23.0 Å². The lowest BCUT2D eigenvalue weighted by molar-refractivity contribution is -0.123. The number of anilines is 1. The van der Waals surface area contributed by atoms with Crippen molar-refractivity contribution < 1.29 is 28.5 Å². The van der Waals surface area contributed by atoms with Crippen LogP contribution in [0.4, 0.5) is 5.69 Å². The molecule has 3 atom stereocenters. The van der Waals surface area contributed by atoms with Crippen LogP contribution >= 0.6 is 0 Å². The van der Waals surface area contributed by atoms with Crippen molar-refractivity contribution in [2.75, 3.05) is 40.3 Å². The van der Waals surface area contributed by atoms with Gasteiger partial charge in [0.05, 0.1) is 45.7 Å². The Kier molecular flexibility index (Phi) is 11.6. The van der Waals surface area contributed by atoms with Crippen LogP contribution < -0.4 is 40.3 Å². The largest absolute Gasteiger partial charge is 0.496 e. The zero-order chi connectivity index (χ0) is 35.9. The fourth-order valence-electron chi connectivity index (χ4n) is 6.84. The molecule has 5 rings (SSSR count). The van der Waals surface area contributed by atoms with Crippen LogP contribution in [-0.2, 0) is 22.6 Å². The van der Waals surface area contributed by atoms with Gasteiger partial charge in [0.15, 0.2) is 11.5 Å². The van der Waals surface area contributed by atoms with Crippen LogP contribution in [0.1, 0.15) is 57.2 Å². The minimum absolute atomic E-state index is 0.0664. The van der Waals surface area contributed by atoms with E-state index in [0.29, 0.717) is 42.2 Å². The number of carbonyl (C=O) groups excluding carboxylic acids is 2. The summed E-state index contributed by atoms with van der Waals surface area (Å²) in [5.74, 6) is 1.82. The number of ether oxygens (including phenoxy) is 4. The molecule has 1 aliphatic carbocycles. The third-order valence-electron chi connectivity index (χ3n) is 9.59. The van der Waals surface area contributed by atoms with Crippen molar-refractivity contribution in [3.05, 3.63) is 76.1 Å². The Morgan fingerprint density at radius 3 is 2.40 bits per heavy atom. The third-order valence-corrected chi connectivity index (χ3v) is 9.59. The van der Waals surface area contributed by atoms with E-state index in [4.69, 9.17) is 18.9 Å². The highest BCUT2D eigenvalue weighted by atomic mass is 16.5. The fraction of sp³-hybridized carbons (Fsp3) is 0.410. The summed E-state index contributed by atoms with van der Waals surface area (Å²) < 4.78 is 24.9. The minimum atomic E-state index is -0.649. The predicted octanol–water partition coefficient (Wildman–Crippen LogP) is 5.86. The molecule has 0 aliphatic heterocycles. The van der Waals surface area contributed by atoms with Crippen molar-refractivity contribution in [3.63, 3.8) is 0 Å². The molecule has 0 saturated carbocycles. The highest BCUT2D eigenvalue weighted by Gasteiger charge is 2.30. The van der Waals surface area contributed by atoms with Gasteiger partial charge >= 0.3 is 0 Å². The van der Waals surface area contributed by atoms with E-state index < -0.39 is 12.1 Å². The summed E-state index contributed by atoms with van der Waals surface area (Å²) in [5.41, 5.74) is 4.15. The number of hydrogen-bond acceptors (Lipinski definition) is 8. The SMILES string of the molecule is CC[C@H](C)[C@@H](Nc1ccc2c(cc1=O)[C@H](NC(C)=O)CCc1cc(OC)c(OC)c(OC)c1-2)C(=O)NCCCn1ccc2c(OC)cccc21. The smallest absolute Gasteiger partial charge is 0.242 e. The normalized spacial score (nSPS) is 14.7. The molecule has 0 saturated heterocycles. The van der Waals surface area contributed by atoms with Gasteiger partial charge in [0, 0.05) is 37.2 Å². The molecule has 1 heterocycles. The van der Waals surface area contributed by atoms with Crippen molar-refractivity contribution in [2.45, 2.75) is 65.1 Å². The second-order valence-corrected chi connectivity index (χ2v) is 12.7. The van der Waals surface area contributed by atoms with Crippen LogP contribution in [0.25, 0.3) is 22.0 Å². The first-order valence-electron chi connectivity index (χ1n) is 17.1. The van der Waals surface area contributed by atoms with E-state index in [1.54, 1.807) is 40.6 Å². The molecule has 266 valence electrons. The van der Waals surface area contributed by atoms with Crippen molar-refractivity contribution in [2.24, 2.45) is 5.92 Å². The topological polar surface area (TPSA) is 129 Å². The number of fused-ring (bicyclic) bond motifs is 4. The van der Waals surface area contributed by atoms with Crippen LogP contribution in [-0.4, -0.2) is 57.4 Å². The van der Waals surface area contributed by atoms with Crippen LogP contribution in [0.15, 0.2) is 59.5 Å². The maximum absolute atomic E-state index is 13.9. The Bertz CT molecular complexity index is 1920. The van der Waals surface area contributed by atoms with Gasteiger partial charge in [-0.05, 0) is 78.3 Å². The molecule has 3 N–H and O–H groups in total. The van der Waals surface area contributed by atoms with Gasteiger partial charge in [0.25, 0.3) is 0 Å². The van der Waals surface area contributed by atoms with E-state index in [-0.39, 0.29) is 28.8 Å². The summed E-state index contributed by atoms with van der Waals surface area (Å²) >= 11 is 0. The van der Waals surface area contributed by atoms with E-state index in [9.17, 15) is 14.4 Å². The molecule has 0 bridgehead atoms. The molecule has 2 amide bonds. The second-order valence-electron chi connectivity index (χ2n) is 12.7. The second kappa shape index (κ2) is 16.0. The lowest BCUT2D eigenvalue weighted by Crippen LogP contribution is -2.44. The molecule has 0 unspecified atom stereocenters. The predicted molar refractivity (Wildman–Crippen MR) is 196 cm³/mol. The third kappa shape index (κ3) is 7.36. The average Bonchev–Trinajstić information content (AvgIpc) is 3.40. The Hall–Kier alpha value is -5.19. The van der Waals surface area contributed by atoms with Crippen LogP contribution in [0, 0.1) is 5.92 Å². The number of hydrogen-bond donors (Lipinski definition) is 3. The van der Waals surface area contributed by atoms with Gasteiger partial charge in [-0.25, -0.2) is 0 Å². The first kappa shape index (κ1) is 36.1. The molecule has 1 aliphatic rings. The van der Waals surface area contributed by atoms with Crippen molar-refractivity contribution in [1.82, 2.24) is 15.2 Å². The summed E-state index contributed by atoms with van der Waals surface area (Å²) in [6.45, 7) is 6.67. The van der Waals surface area contributed by atoms with Gasteiger partial charge in [-0.15, -0.1) is 0 Å². The number of carbonyl (C=O) groups is 2.